The number of halogens is 2. The summed E-state index contributed by atoms with van der Waals surface area (Å²) in [7, 11) is 0. The molecule has 0 heterocycles. The lowest BCUT2D eigenvalue weighted by atomic mass is 9.86. The molecule has 2 rings (SSSR count). The Morgan fingerprint density at radius 1 is 1.53 bits per heavy atom. The highest BCUT2D eigenvalue weighted by Crippen LogP contribution is 2.48. The zero-order valence-corrected chi connectivity index (χ0v) is 9.95. The SMILES string of the molecule is Cc1c(F)cc(Cl)c2c1[C@@H](N)CC2(C)C. The van der Waals surface area contributed by atoms with Gasteiger partial charge in [-0.2, -0.15) is 0 Å². The monoisotopic (exact) mass is 227 g/mol. The number of hydrogen-bond donors (Lipinski definition) is 1. The van der Waals surface area contributed by atoms with E-state index in [4.69, 9.17) is 17.3 Å². The second kappa shape index (κ2) is 3.19. The minimum atomic E-state index is -0.257. The van der Waals surface area contributed by atoms with Crippen LogP contribution >= 0.6 is 11.6 Å². The molecule has 1 aliphatic rings. The van der Waals surface area contributed by atoms with Gasteiger partial charge in [-0.15, -0.1) is 0 Å². The van der Waals surface area contributed by atoms with Crippen molar-refractivity contribution in [3.05, 3.63) is 33.6 Å². The van der Waals surface area contributed by atoms with E-state index in [1.807, 2.05) is 0 Å². The molecule has 0 amide bonds. The third-order valence-corrected chi connectivity index (χ3v) is 3.60. The molecule has 0 aromatic heterocycles. The normalized spacial score (nSPS) is 22.9. The fraction of sp³-hybridized carbons (Fsp3) is 0.500. The lowest BCUT2D eigenvalue weighted by Crippen LogP contribution is -2.14. The van der Waals surface area contributed by atoms with Crippen LogP contribution in [0.4, 0.5) is 4.39 Å². The standard InChI is InChI=1S/C12H15ClFN/c1-6-8(14)4-7(13)11-10(6)9(15)5-12(11,2)3/h4,9H,5,15H2,1-3H3/t9-/m0/s1. The van der Waals surface area contributed by atoms with Crippen molar-refractivity contribution >= 4 is 11.6 Å². The first-order valence-corrected chi connectivity index (χ1v) is 5.47. The van der Waals surface area contributed by atoms with Gasteiger partial charge in [0.2, 0.25) is 0 Å². The van der Waals surface area contributed by atoms with Gasteiger partial charge in [0.25, 0.3) is 0 Å². The lowest BCUT2D eigenvalue weighted by Gasteiger charge is -2.20. The Balaban J connectivity index is 2.78. The average Bonchev–Trinajstić information content (AvgIpc) is 2.32. The largest absolute Gasteiger partial charge is 0.324 e. The van der Waals surface area contributed by atoms with Crippen LogP contribution in [0.3, 0.4) is 0 Å². The van der Waals surface area contributed by atoms with Gasteiger partial charge >= 0.3 is 0 Å². The van der Waals surface area contributed by atoms with Gasteiger partial charge in [0.15, 0.2) is 0 Å². The van der Waals surface area contributed by atoms with Crippen molar-refractivity contribution in [3.8, 4) is 0 Å². The van der Waals surface area contributed by atoms with E-state index in [-0.39, 0.29) is 17.3 Å². The van der Waals surface area contributed by atoms with E-state index in [1.165, 1.54) is 6.07 Å². The Hall–Kier alpha value is -0.600. The predicted molar refractivity (Wildman–Crippen MR) is 60.7 cm³/mol. The van der Waals surface area contributed by atoms with Crippen LogP contribution in [0.25, 0.3) is 0 Å². The molecule has 0 radical (unpaired) electrons. The zero-order chi connectivity index (χ0) is 11.4. The molecule has 1 nitrogen and oxygen atoms in total. The molecule has 0 bridgehead atoms. The third kappa shape index (κ3) is 1.47. The quantitative estimate of drug-likeness (QED) is 0.722. The summed E-state index contributed by atoms with van der Waals surface area (Å²) >= 11 is 6.10. The minimum Gasteiger partial charge on any atom is -0.324 e. The summed E-state index contributed by atoms with van der Waals surface area (Å²) in [6, 6.07) is 1.30. The Morgan fingerprint density at radius 2 is 2.13 bits per heavy atom. The number of rotatable bonds is 0. The zero-order valence-electron chi connectivity index (χ0n) is 9.20. The summed E-state index contributed by atoms with van der Waals surface area (Å²) in [4.78, 5) is 0. The first-order valence-electron chi connectivity index (χ1n) is 5.09. The molecule has 1 atom stereocenters. The smallest absolute Gasteiger partial charge is 0.127 e. The van der Waals surface area contributed by atoms with Gasteiger partial charge in [0, 0.05) is 11.1 Å². The lowest BCUT2D eigenvalue weighted by molar-refractivity contribution is 0.481. The topological polar surface area (TPSA) is 26.0 Å². The molecule has 1 aromatic carbocycles. The van der Waals surface area contributed by atoms with Gasteiger partial charge in [-0.3, -0.25) is 0 Å². The number of hydrogen-bond acceptors (Lipinski definition) is 1. The number of fused-ring (bicyclic) bond motifs is 1. The Labute approximate surface area is 94.4 Å². The van der Waals surface area contributed by atoms with Gasteiger partial charge in [-0.05, 0) is 41.5 Å². The van der Waals surface area contributed by atoms with Crippen LogP contribution in [0.1, 0.15) is 43.0 Å². The van der Waals surface area contributed by atoms with Gasteiger partial charge in [-0.25, -0.2) is 4.39 Å². The highest BCUT2D eigenvalue weighted by atomic mass is 35.5. The van der Waals surface area contributed by atoms with E-state index in [1.54, 1.807) is 6.92 Å². The molecule has 1 aliphatic carbocycles. The maximum atomic E-state index is 13.5. The molecular formula is C12H15ClFN. The molecule has 15 heavy (non-hydrogen) atoms. The molecule has 0 fully saturated rings. The van der Waals surface area contributed by atoms with Crippen LogP contribution in [0.5, 0.6) is 0 Å². The van der Waals surface area contributed by atoms with Crippen LogP contribution in [-0.2, 0) is 5.41 Å². The first-order chi connectivity index (χ1) is 6.84. The average molecular weight is 228 g/mol. The highest BCUT2D eigenvalue weighted by molar-refractivity contribution is 6.31. The van der Waals surface area contributed by atoms with Crippen molar-refractivity contribution in [1.82, 2.24) is 0 Å². The highest BCUT2D eigenvalue weighted by Gasteiger charge is 2.38. The van der Waals surface area contributed by atoms with E-state index in [9.17, 15) is 4.39 Å². The molecule has 1 aromatic rings. The summed E-state index contributed by atoms with van der Waals surface area (Å²) in [6.07, 6.45) is 0.826. The van der Waals surface area contributed by atoms with Crippen LogP contribution in [0.2, 0.25) is 5.02 Å². The van der Waals surface area contributed by atoms with Gasteiger partial charge in [0.05, 0.1) is 0 Å². The van der Waals surface area contributed by atoms with E-state index in [0.717, 1.165) is 17.5 Å². The number of benzene rings is 1. The van der Waals surface area contributed by atoms with Crippen LogP contribution in [0, 0.1) is 12.7 Å². The molecule has 0 saturated carbocycles. The van der Waals surface area contributed by atoms with Gasteiger partial charge in [-0.1, -0.05) is 25.4 Å². The van der Waals surface area contributed by atoms with E-state index >= 15 is 0 Å². The van der Waals surface area contributed by atoms with Gasteiger partial charge in [0.1, 0.15) is 5.82 Å². The fourth-order valence-corrected chi connectivity index (χ4v) is 3.10. The maximum Gasteiger partial charge on any atom is 0.127 e. The van der Waals surface area contributed by atoms with Crippen LogP contribution in [-0.4, -0.2) is 0 Å². The van der Waals surface area contributed by atoms with Crippen molar-refractivity contribution in [1.29, 1.82) is 0 Å². The fourth-order valence-electron chi connectivity index (χ4n) is 2.64. The van der Waals surface area contributed by atoms with Gasteiger partial charge < -0.3 is 5.73 Å². The summed E-state index contributed by atoms with van der Waals surface area (Å²) in [5.74, 6) is -0.257. The summed E-state index contributed by atoms with van der Waals surface area (Å²) < 4.78 is 13.5. The molecule has 0 saturated heterocycles. The van der Waals surface area contributed by atoms with Crippen molar-refractivity contribution < 1.29 is 4.39 Å². The Kier molecular flexibility index (Phi) is 2.32. The molecule has 0 spiro atoms. The molecule has 0 unspecified atom stereocenters. The first kappa shape index (κ1) is 10.9. The predicted octanol–water partition coefficient (Wildman–Crippen LogP) is 3.47. The van der Waals surface area contributed by atoms with Crippen molar-refractivity contribution in [2.24, 2.45) is 5.73 Å². The second-order valence-electron chi connectivity index (χ2n) is 4.95. The molecule has 2 N–H and O–H groups in total. The summed E-state index contributed by atoms with van der Waals surface area (Å²) in [5, 5.41) is 0.506. The molecular weight excluding hydrogens is 213 g/mol. The van der Waals surface area contributed by atoms with E-state index < -0.39 is 0 Å². The minimum absolute atomic E-state index is 0.0513. The molecule has 82 valence electrons. The summed E-state index contributed by atoms with van der Waals surface area (Å²) in [5.41, 5.74) is 8.56. The number of nitrogens with two attached hydrogens (primary N) is 1. The van der Waals surface area contributed by atoms with Crippen molar-refractivity contribution in [3.63, 3.8) is 0 Å². The van der Waals surface area contributed by atoms with Crippen molar-refractivity contribution in [2.45, 2.75) is 38.6 Å². The third-order valence-electron chi connectivity index (χ3n) is 3.30. The maximum absolute atomic E-state index is 13.5. The summed E-state index contributed by atoms with van der Waals surface area (Å²) in [6.45, 7) is 5.97. The van der Waals surface area contributed by atoms with Crippen LogP contribution < -0.4 is 5.73 Å². The van der Waals surface area contributed by atoms with E-state index in [2.05, 4.69) is 13.8 Å². The second-order valence-corrected chi connectivity index (χ2v) is 5.36. The van der Waals surface area contributed by atoms with Crippen LogP contribution in [0.15, 0.2) is 6.07 Å². The Morgan fingerprint density at radius 3 is 2.73 bits per heavy atom. The molecule has 3 heteroatoms. The van der Waals surface area contributed by atoms with Crippen molar-refractivity contribution in [2.75, 3.05) is 0 Å². The molecule has 0 aliphatic heterocycles. The van der Waals surface area contributed by atoms with E-state index in [0.29, 0.717) is 10.6 Å². The Bertz CT molecular complexity index is 426.